The summed E-state index contributed by atoms with van der Waals surface area (Å²) < 4.78 is 11.0. The van der Waals surface area contributed by atoms with Gasteiger partial charge in [-0.1, -0.05) is 0 Å². The van der Waals surface area contributed by atoms with Gasteiger partial charge in [-0.25, -0.2) is 0 Å². The molecule has 0 unspecified atom stereocenters. The molecule has 6 nitrogen and oxygen atoms in total. The summed E-state index contributed by atoms with van der Waals surface area (Å²) in [7, 11) is 1.56. The zero-order chi connectivity index (χ0) is 18.1. The smallest absolute Gasteiger partial charge is 0.308 e. The Bertz CT molecular complexity index is 668. The summed E-state index contributed by atoms with van der Waals surface area (Å²) in [4.78, 5) is 26.2. The molecule has 1 N–H and O–H groups in total. The van der Waals surface area contributed by atoms with Crippen LogP contribution in [0, 0.1) is 17.8 Å². The van der Waals surface area contributed by atoms with Crippen molar-refractivity contribution >= 4 is 11.9 Å². The summed E-state index contributed by atoms with van der Waals surface area (Å²) in [5.41, 5.74) is 0.454. The van der Waals surface area contributed by atoms with E-state index in [0.29, 0.717) is 29.5 Å². The molecule has 136 valence electrons. The molecule has 0 bridgehead atoms. The molecule has 1 amide bonds. The van der Waals surface area contributed by atoms with E-state index in [-0.39, 0.29) is 24.5 Å². The van der Waals surface area contributed by atoms with Gasteiger partial charge in [0.15, 0.2) is 0 Å². The third kappa shape index (κ3) is 3.72. The van der Waals surface area contributed by atoms with E-state index in [2.05, 4.69) is 0 Å². The standard InChI is InChI=1S/C19H25NO5/c1-11(2)25-17-8-13(24-3)6-7-14(17)18(21)20-9-15(12-4-5-12)16(10-20)19(22)23/h6-8,11-12,15-16H,4-5,9-10H2,1-3H3,(H,22,23)/t15-,16+/m1/s1. The van der Waals surface area contributed by atoms with Crippen LogP contribution in [0.2, 0.25) is 0 Å². The molecule has 2 aliphatic rings. The van der Waals surface area contributed by atoms with Crippen molar-refractivity contribution in [2.45, 2.75) is 32.8 Å². The van der Waals surface area contributed by atoms with Crippen LogP contribution in [0.15, 0.2) is 18.2 Å². The number of amides is 1. The Balaban J connectivity index is 1.84. The van der Waals surface area contributed by atoms with Crippen molar-refractivity contribution in [2.24, 2.45) is 17.8 Å². The van der Waals surface area contributed by atoms with Gasteiger partial charge in [0.2, 0.25) is 0 Å². The van der Waals surface area contributed by atoms with Crippen molar-refractivity contribution in [3.8, 4) is 11.5 Å². The van der Waals surface area contributed by atoms with E-state index in [1.54, 1.807) is 30.2 Å². The van der Waals surface area contributed by atoms with Crippen LogP contribution in [0.5, 0.6) is 11.5 Å². The van der Waals surface area contributed by atoms with E-state index in [4.69, 9.17) is 9.47 Å². The number of carboxylic acids is 1. The number of hydrogen-bond acceptors (Lipinski definition) is 4. The fourth-order valence-corrected chi connectivity index (χ4v) is 3.59. The lowest BCUT2D eigenvalue weighted by molar-refractivity contribution is -0.142. The molecule has 2 atom stereocenters. The van der Waals surface area contributed by atoms with Gasteiger partial charge in [0.1, 0.15) is 11.5 Å². The number of likely N-dealkylation sites (tertiary alicyclic amines) is 1. The summed E-state index contributed by atoms with van der Waals surface area (Å²) in [6.45, 7) is 4.57. The molecular weight excluding hydrogens is 322 g/mol. The van der Waals surface area contributed by atoms with Crippen LogP contribution < -0.4 is 9.47 Å². The Morgan fingerprint density at radius 2 is 1.96 bits per heavy atom. The maximum atomic E-state index is 13.0. The number of ether oxygens (including phenoxy) is 2. The summed E-state index contributed by atoms with van der Waals surface area (Å²) >= 11 is 0. The normalized spacial score (nSPS) is 23.0. The number of aliphatic carboxylic acids is 1. The molecule has 1 saturated carbocycles. The van der Waals surface area contributed by atoms with Crippen molar-refractivity contribution in [1.29, 1.82) is 0 Å². The van der Waals surface area contributed by atoms with E-state index in [1.807, 2.05) is 13.8 Å². The largest absolute Gasteiger partial charge is 0.497 e. The number of methoxy groups -OCH3 is 1. The van der Waals surface area contributed by atoms with Gasteiger partial charge in [-0.3, -0.25) is 9.59 Å². The molecule has 2 fully saturated rings. The van der Waals surface area contributed by atoms with Gasteiger partial charge >= 0.3 is 5.97 Å². The average molecular weight is 347 g/mol. The zero-order valence-electron chi connectivity index (χ0n) is 14.9. The van der Waals surface area contributed by atoms with Gasteiger partial charge in [-0.05, 0) is 50.7 Å². The Morgan fingerprint density at radius 3 is 2.52 bits per heavy atom. The lowest BCUT2D eigenvalue weighted by Gasteiger charge is -2.20. The first-order chi connectivity index (χ1) is 11.9. The first-order valence-electron chi connectivity index (χ1n) is 8.77. The molecular formula is C19H25NO5. The Morgan fingerprint density at radius 1 is 1.24 bits per heavy atom. The van der Waals surface area contributed by atoms with Crippen molar-refractivity contribution in [3.63, 3.8) is 0 Å². The minimum Gasteiger partial charge on any atom is -0.497 e. The van der Waals surface area contributed by atoms with E-state index in [9.17, 15) is 14.7 Å². The van der Waals surface area contributed by atoms with Gasteiger partial charge in [0.25, 0.3) is 5.91 Å². The number of nitrogens with zero attached hydrogens (tertiary/aromatic N) is 1. The fourth-order valence-electron chi connectivity index (χ4n) is 3.59. The van der Waals surface area contributed by atoms with Crippen LogP contribution in [0.4, 0.5) is 0 Å². The molecule has 6 heteroatoms. The highest BCUT2D eigenvalue weighted by atomic mass is 16.5. The van der Waals surface area contributed by atoms with Crippen molar-refractivity contribution in [2.75, 3.05) is 20.2 Å². The second-order valence-corrected chi connectivity index (χ2v) is 7.18. The van der Waals surface area contributed by atoms with E-state index >= 15 is 0 Å². The minimum absolute atomic E-state index is 0.0640. The van der Waals surface area contributed by atoms with Crippen LogP contribution in [0.3, 0.4) is 0 Å². The number of benzene rings is 1. The van der Waals surface area contributed by atoms with Crippen molar-refractivity contribution in [1.82, 2.24) is 4.90 Å². The highest BCUT2D eigenvalue weighted by Gasteiger charge is 2.47. The van der Waals surface area contributed by atoms with Crippen molar-refractivity contribution < 1.29 is 24.2 Å². The summed E-state index contributed by atoms with van der Waals surface area (Å²) in [6, 6.07) is 5.12. The van der Waals surface area contributed by atoms with Crippen LogP contribution in [-0.4, -0.2) is 48.2 Å². The second-order valence-electron chi connectivity index (χ2n) is 7.18. The quantitative estimate of drug-likeness (QED) is 0.856. The van der Waals surface area contributed by atoms with Crippen LogP contribution in [0.25, 0.3) is 0 Å². The molecule has 1 aromatic carbocycles. The maximum Gasteiger partial charge on any atom is 0.308 e. The SMILES string of the molecule is COc1ccc(C(=O)N2C[C@H](C(=O)O)[C@@H](C3CC3)C2)c(OC(C)C)c1. The Kier molecular flexibility index (Phi) is 4.88. The predicted molar refractivity (Wildman–Crippen MR) is 92.0 cm³/mol. The topological polar surface area (TPSA) is 76.1 Å². The minimum atomic E-state index is -0.805. The highest BCUT2D eigenvalue weighted by molar-refractivity contribution is 5.97. The molecule has 25 heavy (non-hydrogen) atoms. The third-order valence-corrected chi connectivity index (χ3v) is 4.98. The molecule has 0 aromatic heterocycles. The Labute approximate surface area is 147 Å². The van der Waals surface area contributed by atoms with Gasteiger partial charge in [0, 0.05) is 19.2 Å². The van der Waals surface area contributed by atoms with Gasteiger partial charge in [-0.2, -0.15) is 0 Å². The monoisotopic (exact) mass is 347 g/mol. The van der Waals surface area contributed by atoms with Crippen LogP contribution in [0.1, 0.15) is 37.0 Å². The number of carboxylic acid groups (broad SMARTS) is 1. The van der Waals surface area contributed by atoms with Crippen molar-refractivity contribution in [3.05, 3.63) is 23.8 Å². The van der Waals surface area contributed by atoms with Gasteiger partial charge in [-0.15, -0.1) is 0 Å². The predicted octanol–water partition coefficient (Wildman–Crippen LogP) is 2.67. The second kappa shape index (κ2) is 6.94. The number of hydrogen-bond donors (Lipinski definition) is 1. The molecule has 1 aliphatic heterocycles. The first-order valence-corrected chi connectivity index (χ1v) is 8.77. The summed E-state index contributed by atoms with van der Waals surface area (Å²) in [5.74, 6) is 0.154. The van der Waals surface area contributed by atoms with E-state index in [0.717, 1.165) is 12.8 Å². The molecule has 3 rings (SSSR count). The number of carbonyl (C=O) groups excluding carboxylic acids is 1. The molecule has 1 saturated heterocycles. The van der Waals surface area contributed by atoms with E-state index in [1.165, 1.54) is 0 Å². The molecule has 0 radical (unpaired) electrons. The van der Waals surface area contributed by atoms with Crippen LogP contribution >= 0.6 is 0 Å². The zero-order valence-corrected chi connectivity index (χ0v) is 14.9. The van der Waals surface area contributed by atoms with Gasteiger partial charge < -0.3 is 19.5 Å². The molecule has 1 heterocycles. The lowest BCUT2D eigenvalue weighted by Crippen LogP contribution is -2.30. The summed E-state index contributed by atoms with van der Waals surface area (Å²) in [6.07, 6.45) is 2.06. The molecule has 1 aromatic rings. The van der Waals surface area contributed by atoms with Gasteiger partial charge in [0.05, 0.1) is 24.7 Å². The average Bonchev–Trinajstić information content (AvgIpc) is 3.31. The third-order valence-electron chi connectivity index (χ3n) is 4.98. The van der Waals surface area contributed by atoms with E-state index < -0.39 is 11.9 Å². The first kappa shape index (κ1) is 17.6. The number of carbonyl (C=O) groups is 2. The maximum absolute atomic E-state index is 13.0. The Hall–Kier alpha value is -2.24. The van der Waals surface area contributed by atoms with Crippen LogP contribution in [-0.2, 0) is 4.79 Å². The highest BCUT2D eigenvalue weighted by Crippen LogP contribution is 2.44. The lowest BCUT2D eigenvalue weighted by atomic mass is 9.92. The fraction of sp³-hybridized carbons (Fsp3) is 0.579. The molecule has 1 aliphatic carbocycles. The summed E-state index contributed by atoms with van der Waals surface area (Å²) in [5, 5.41) is 9.49. The number of rotatable bonds is 6. The molecule has 0 spiro atoms.